The summed E-state index contributed by atoms with van der Waals surface area (Å²) < 4.78 is 27.2. The van der Waals surface area contributed by atoms with Crippen LogP contribution in [0.5, 0.6) is 0 Å². The smallest absolute Gasteiger partial charge is 0.240 e. The molecule has 21 heavy (non-hydrogen) atoms. The van der Waals surface area contributed by atoms with Gasteiger partial charge in [-0.25, -0.2) is 13.1 Å². The van der Waals surface area contributed by atoms with Gasteiger partial charge < -0.3 is 5.32 Å². The number of hydrogen-bond acceptors (Lipinski definition) is 3. The molecule has 0 amide bonds. The molecule has 6 heteroatoms. The Kier molecular flexibility index (Phi) is 4.54. The van der Waals surface area contributed by atoms with Crippen molar-refractivity contribution < 1.29 is 8.42 Å². The summed E-state index contributed by atoms with van der Waals surface area (Å²) in [7, 11) is -3.43. The van der Waals surface area contributed by atoms with E-state index in [4.69, 9.17) is 11.6 Å². The summed E-state index contributed by atoms with van der Waals surface area (Å²) in [5, 5.41) is 3.97. The van der Waals surface area contributed by atoms with E-state index in [1.54, 1.807) is 18.2 Å². The van der Waals surface area contributed by atoms with E-state index in [1.807, 2.05) is 0 Å². The fraction of sp³-hybridized carbons (Fsp3) is 0.600. The highest BCUT2D eigenvalue weighted by Gasteiger charge is 2.23. The van der Waals surface area contributed by atoms with Gasteiger partial charge in [-0.15, -0.1) is 0 Å². The normalized spacial score (nSPS) is 18.9. The van der Waals surface area contributed by atoms with Crippen molar-refractivity contribution in [3.05, 3.63) is 28.8 Å². The molecule has 0 saturated heterocycles. The molecule has 0 heterocycles. The average Bonchev–Trinajstić information content (AvgIpc) is 3.32. The van der Waals surface area contributed by atoms with Crippen LogP contribution in [0, 0.1) is 5.92 Å². The fourth-order valence-corrected chi connectivity index (χ4v) is 3.56. The molecular weight excluding hydrogens is 308 g/mol. The summed E-state index contributed by atoms with van der Waals surface area (Å²) in [4.78, 5) is 0.301. The Balaban J connectivity index is 1.65. The molecule has 2 N–H and O–H groups in total. The van der Waals surface area contributed by atoms with Crippen molar-refractivity contribution in [3.8, 4) is 0 Å². The van der Waals surface area contributed by atoms with E-state index in [-0.39, 0.29) is 0 Å². The molecule has 116 valence electrons. The maximum atomic E-state index is 12.3. The van der Waals surface area contributed by atoms with Crippen LogP contribution in [0.3, 0.4) is 0 Å². The zero-order valence-corrected chi connectivity index (χ0v) is 13.5. The summed E-state index contributed by atoms with van der Waals surface area (Å²) in [5.41, 5.74) is 0.841. The van der Waals surface area contributed by atoms with Crippen LogP contribution in [0.4, 0.5) is 0 Å². The predicted octanol–water partition coefficient (Wildman–Crippen LogP) is 2.67. The Hall–Kier alpha value is -0.620. The van der Waals surface area contributed by atoms with Gasteiger partial charge in [0.1, 0.15) is 0 Å². The van der Waals surface area contributed by atoms with Gasteiger partial charge in [-0.2, -0.15) is 0 Å². The summed E-state index contributed by atoms with van der Waals surface area (Å²) in [6.07, 6.45) is 5.79. The van der Waals surface area contributed by atoms with Crippen LogP contribution in [-0.4, -0.2) is 21.0 Å². The predicted molar refractivity (Wildman–Crippen MR) is 83.8 cm³/mol. The monoisotopic (exact) mass is 328 g/mol. The third kappa shape index (κ3) is 4.42. The molecule has 0 aromatic heterocycles. The first kappa shape index (κ1) is 15.3. The second-order valence-corrected chi connectivity index (χ2v) is 8.21. The maximum Gasteiger partial charge on any atom is 0.240 e. The highest BCUT2D eigenvalue weighted by Crippen LogP contribution is 2.32. The van der Waals surface area contributed by atoms with Gasteiger partial charge in [0.05, 0.1) is 4.90 Å². The standard InChI is InChI=1S/C15H21ClN2O2S/c16-15-6-5-14(9-12(15)10-17-13-3-4-13)21(19,20)18-8-7-11-1-2-11/h5-6,9,11,13,17-18H,1-4,7-8,10H2. The van der Waals surface area contributed by atoms with Gasteiger partial charge in [0.2, 0.25) is 10.0 Å². The van der Waals surface area contributed by atoms with Crippen LogP contribution in [-0.2, 0) is 16.6 Å². The van der Waals surface area contributed by atoms with Gasteiger partial charge in [0, 0.05) is 24.2 Å². The lowest BCUT2D eigenvalue weighted by molar-refractivity contribution is 0.575. The van der Waals surface area contributed by atoms with Crippen LogP contribution in [0.1, 0.15) is 37.7 Å². The molecule has 0 unspecified atom stereocenters. The molecule has 2 saturated carbocycles. The molecule has 1 aromatic carbocycles. The van der Waals surface area contributed by atoms with E-state index in [0.717, 1.165) is 17.9 Å². The largest absolute Gasteiger partial charge is 0.310 e. The molecule has 0 spiro atoms. The Bertz CT molecular complexity index is 610. The number of halogens is 1. The number of nitrogens with one attached hydrogen (secondary N) is 2. The molecule has 0 aliphatic heterocycles. The van der Waals surface area contributed by atoms with Gasteiger partial charge in [0.25, 0.3) is 0 Å². The van der Waals surface area contributed by atoms with Crippen molar-refractivity contribution in [2.75, 3.05) is 6.54 Å². The maximum absolute atomic E-state index is 12.3. The van der Waals surface area contributed by atoms with E-state index >= 15 is 0 Å². The quantitative estimate of drug-likeness (QED) is 0.771. The summed E-state index contributed by atoms with van der Waals surface area (Å²) in [6.45, 7) is 1.14. The van der Waals surface area contributed by atoms with Gasteiger partial charge in [-0.05, 0) is 48.9 Å². The molecule has 2 aliphatic rings. The van der Waals surface area contributed by atoms with Crippen molar-refractivity contribution in [1.29, 1.82) is 0 Å². The Labute approximate surface area is 131 Å². The van der Waals surface area contributed by atoms with Crippen molar-refractivity contribution in [1.82, 2.24) is 10.0 Å². The van der Waals surface area contributed by atoms with Gasteiger partial charge in [-0.1, -0.05) is 24.4 Å². The number of benzene rings is 1. The van der Waals surface area contributed by atoms with Gasteiger partial charge >= 0.3 is 0 Å². The lowest BCUT2D eigenvalue weighted by atomic mass is 10.2. The molecule has 4 nitrogen and oxygen atoms in total. The zero-order valence-electron chi connectivity index (χ0n) is 11.9. The zero-order chi connectivity index (χ0) is 14.9. The third-order valence-corrected chi connectivity index (χ3v) is 5.86. The van der Waals surface area contributed by atoms with Crippen molar-refractivity contribution in [3.63, 3.8) is 0 Å². The van der Waals surface area contributed by atoms with Crippen molar-refractivity contribution >= 4 is 21.6 Å². The topological polar surface area (TPSA) is 58.2 Å². The molecule has 0 bridgehead atoms. The van der Waals surface area contributed by atoms with E-state index in [9.17, 15) is 8.42 Å². The molecule has 0 atom stereocenters. The van der Waals surface area contributed by atoms with E-state index in [1.165, 1.54) is 25.7 Å². The number of hydrogen-bond donors (Lipinski definition) is 2. The molecule has 2 aliphatic carbocycles. The second-order valence-electron chi connectivity index (χ2n) is 6.04. The summed E-state index contributed by atoms with van der Waals surface area (Å²) in [6, 6.07) is 5.48. The Morgan fingerprint density at radius 2 is 1.95 bits per heavy atom. The van der Waals surface area contributed by atoms with Crippen molar-refractivity contribution in [2.45, 2.75) is 49.6 Å². The minimum absolute atomic E-state index is 0.301. The van der Waals surface area contributed by atoms with Crippen LogP contribution in [0.15, 0.2) is 23.1 Å². The van der Waals surface area contributed by atoms with Gasteiger partial charge in [0.15, 0.2) is 0 Å². The highest BCUT2D eigenvalue weighted by molar-refractivity contribution is 7.89. The summed E-state index contributed by atoms with van der Waals surface area (Å²) >= 11 is 6.15. The van der Waals surface area contributed by atoms with Gasteiger partial charge in [-0.3, -0.25) is 0 Å². The van der Waals surface area contributed by atoms with Crippen LogP contribution >= 0.6 is 11.6 Å². The highest BCUT2D eigenvalue weighted by atomic mass is 35.5. The molecule has 3 rings (SSSR count). The van der Waals surface area contributed by atoms with Crippen LogP contribution in [0.25, 0.3) is 0 Å². The fourth-order valence-electron chi connectivity index (χ4n) is 2.28. The second kappa shape index (κ2) is 6.24. The minimum atomic E-state index is -3.43. The minimum Gasteiger partial charge on any atom is -0.310 e. The molecule has 0 radical (unpaired) electrons. The Morgan fingerprint density at radius 3 is 2.62 bits per heavy atom. The first-order chi connectivity index (χ1) is 10.0. The lowest BCUT2D eigenvalue weighted by Crippen LogP contribution is -2.25. The van der Waals surface area contributed by atoms with Crippen molar-refractivity contribution in [2.24, 2.45) is 5.92 Å². The Morgan fingerprint density at radius 1 is 1.19 bits per heavy atom. The summed E-state index contributed by atoms with van der Waals surface area (Å²) in [5.74, 6) is 0.719. The number of sulfonamides is 1. The first-order valence-corrected chi connectivity index (χ1v) is 9.42. The van der Waals surface area contributed by atoms with Crippen LogP contribution in [0.2, 0.25) is 5.02 Å². The van der Waals surface area contributed by atoms with Crippen LogP contribution < -0.4 is 10.0 Å². The number of rotatable bonds is 8. The van der Waals surface area contributed by atoms with E-state index < -0.39 is 10.0 Å². The average molecular weight is 329 g/mol. The van der Waals surface area contributed by atoms with E-state index in [0.29, 0.717) is 29.0 Å². The molecule has 2 fully saturated rings. The van der Waals surface area contributed by atoms with E-state index in [2.05, 4.69) is 10.0 Å². The molecular formula is C15H21ClN2O2S. The third-order valence-electron chi connectivity index (χ3n) is 4.03. The molecule has 1 aromatic rings. The lowest BCUT2D eigenvalue weighted by Gasteiger charge is -2.10. The SMILES string of the molecule is O=S(=O)(NCCC1CC1)c1ccc(Cl)c(CNC2CC2)c1. The first-order valence-electron chi connectivity index (χ1n) is 7.56.